The van der Waals surface area contributed by atoms with Crippen LogP contribution in [-0.4, -0.2) is 33.7 Å². The van der Waals surface area contributed by atoms with Crippen LogP contribution >= 0.6 is 0 Å². The molecule has 0 saturated carbocycles. The maximum Gasteiger partial charge on any atom is 0.242 e. The van der Waals surface area contributed by atoms with E-state index in [4.69, 9.17) is 0 Å². The summed E-state index contributed by atoms with van der Waals surface area (Å²) in [6, 6.07) is 6.05. The number of aromatic nitrogens is 2. The van der Waals surface area contributed by atoms with E-state index in [-0.39, 0.29) is 11.7 Å². The van der Waals surface area contributed by atoms with Gasteiger partial charge in [-0.3, -0.25) is 14.4 Å². The molecule has 0 unspecified atom stereocenters. The molecule has 122 valence electrons. The van der Waals surface area contributed by atoms with Crippen LogP contribution in [0.1, 0.15) is 37.1 Å². The van der Waals surface area contributed by atoms with Gasteiger partial charge in [0.15, 0.2) is 0 Å². The van der Waals surface area contributed by atoms with E-state index in [0.717, 1.165) is 17.7 Å². The molecule has 1 aliphatic heterocycles. The number of piperazine rings is 1. The minimum atomic E-state index is -0.397. The van der Waals surface area contributed by atoms with Gasteiger partial charge in [0, 0.05) is 37.4 Å². The number of rotatable bonds is 4. The molecule has 1 fully saturated rings. The summed E-state index contributed by atoms with van der Waals surface area (Å²) in [4.78, 5) is 14.4. The molecule has 6 heteroatoms. The van der Waals surface area contributed by atoms with Gasteiger partial charge in [-0.1, -0.05) is 12.1 Å². The Hall–Kier alpha value is -2.21. The van der Waals surface area contributed by atoms with Crippen LogP contribution < -0.4 is 5.32 Å². The molecule has 1 amide bonds. The maximum absolute atomic E-state index is 13.1. The second-order valence-corrected chi connectivity index (χ2v) is 6.14. The number of nitrogens with zero attached hydrogens (tertiary/aromatic N) is 3. The van der Waals surface area contributed by atoms with Gasteiger partial charge in [0.25, 0.3) is 0 Å². The Labute approximate surface area is 135 Å². The lowest BCUT2D eigenvalue weighted by atomic mass is 10.0. The molecule has 1 aromatic carbocycles. The molecule has 2 heterocycles. The van der Waals surface area contributed by atoms with Crippen LogP contribution in [0.3, 0.4) is 0 Å². The summed E-state index contributed by atoms with van der Waals surface area (Å²) in [6.07, 6.45) is 3.85. The molecule has 3 rings (SSSR count). The Morgan fingerprint density at radius 1 is 1.35 bits per heavy atom. The molecular weight excluding hydrogens is 295 g/mol. The molecule has 0 aliphatic carbocycles. The summed E-state index contributed by atoms with van der Waals surface area (Å²) in [5.41, 5.74) is 1.88. The fourth-order valence-corrected chi connectivity index (χ4v) is 2.87. The monoisotopic (exact) mass is 316 g/mol. The van der Waals surface area contributed by atoms with Crippen LogP contribution in [0, 0.1) is 5.82 Å². The average Bonchev–Trinajstić information content (AvgIpc) is 2.98. The van der Waals surface area contributed by atoms with E-state index >= 15 is 0 Å². The number of halogens is 1. The zero-order chi connectivity index (χ0) is 16.4. The van der Waals surface area contributed by atoms with Crippen molar-refractivity contribution in [1.29, 1.82) is 0 Å². The van der Waals surface area contributed by atoms with Crippen molar-refractivity contribution < 1.29 is 9.18 Å². The van der Waals surface area contributed by atoms with Crippen molar-refractivity contribution in [2.24, 2.45) is 0 Å². The number of carbonyl (C=O) groups is 1. The van der Waals surface area contributed by atoms with E-state index in [0.29, 0.717) is 19.1 Å². The van der Waals surface area contributed by atoms with Gasteiger partial charge in [-0.05, 0) is 31.5 Å². The predicted molar refractivity (Wildman–Crippen MR) is 85.2 cm³/mol. The van der Waals surface area contributed by atoms with Crippen molar-refractivity contribution >= 4 is 5.91 Å². The average molecular weight is 316 g/mol. The Kier molecular flexibility index (Phi) is 4.43. The van der Waals surface area contributed by atoms with E-state index in [2.05, 4.69) is 29.2 Å². The Balaban J connectivity index is 1.82. The smallest absolute Gasteiger partial charge is 0.242 e. The molecule has 1 atom stereocenters. The Morgan fingerprint density at radius 3 is 2.74 bits per heavy atom. The molecule has 1 saturated heterocycles. The molecule has 1 N–H and O–H groups in total. The van der Waals surface area contributed by atoms with Gasteiger partial charge < -0.3 is 5.32 Å². The highest BCUT2D eigenvalue weighted by Gasteiger charge is 2.31. The third-order valence-electron chi connectivity index (χ3n) is 4.07. The summed E-state index contributed by atoms with van der Waals surface area (Å²) in [7, 11) is 0. The van der Waals surface area contributed by atoms with Crippen LogP contribution in [-0.2, 0) is 11.3 Å². The minimum Gasteiger partial charge on any atom is -0.353 e. The molecule has 1 aromatic heterocycles. The summed E-state index contributed by atoms with van der Waals surface area (Å²) < 4.78 is 15.1. The van der Waals surface area contributed by atoms with Crippen molar-refractivity contribution in [3.63, 3.8) is 0 Å². The quantitative estimate of drug-likeness (QED) is 0.941. The Bertz CT molecular complexity index is 680. The van der Waals surface area contributed by atoms with Crippen molar-refractivity contribution in [3.05, 3.63) is 53.6 Å². The highest BCUT2D eigenvalue weighted by molar-refractivity contribution is 5.83. The number of nitrogens with one attached hydrogen (secondary N) is 1. The van der Waals surface area contributed by atoms with Crippen molar-refractivity contribution in [2.75, 3.05) is 13.1 Å². The molecule has 5 nitrogen and oxygen atoms in total. The van der Waals surface area contributed by atoms with Crippen LogP contribution in [0.2, 0.25) is 0 Å². The van der Waals surface area contributed by atoms with Gasteiger partial charge in [0.2, 0.25) is 5.91 Å². The first-order valence-electron chi connectivity index (χ1n) is 7.85. The molecule has 0 spiro atoms. The van der Waals surface area contributed by atoms with Crippen molar-refractivity contribution in [2.45, 2.75) is 32.5 Å². The highest BCUT2D eigenvalue weighted by Crippen LogP contribution is 2.25. The summed E-state index contributed by atoms with van der Waals surface area (Å²) in [5.74, 6) is -0.339. The van der Waals surface area contributed by atoms with Crippen LogP contribution in [0.5, 0.6) is 0 Å². The highest BCUT2D eigenvalue weighted by atomic mass is 19.1. The number of carbonyl (C=O) groups excluding carboxylic acids is 1. The molecule has 23 heavy (non-hydrogen) atoms. The van der Waals surface area contributed by atoms with E-state index < -0.39 is 6.04 Å². The van der Waals surface area contributed by atoms with Crippen molar-refractivity contribution in [3.8, 4) is 0 Å². The predicted octanol–water partition coefficient (Wildman–Crippen LogP) is 2.28. The number of hydrogen-bond acceptors (Lipinski definition) is 3. The fourth-order valence-electron chi connectivity index (χ4n) is 2.87. The topological polar surface area (TPSA) is 50.2 Å². The van der Waals surface area contributed by atoms with Crippen molar-refractivity contribution in [1.82, 2.24) is 20.0 Å². The zero-order valence-corrected chi connectivity index (χ0v) is 13.4. The lowest BCUT2D eigenvalue weighted by molar-refractivity contribution is -0.129. The van der Waals surface area contributed by atoms with Gasteiger partial charge in [0.05, 0.1) is 6.20 Å². The van der Waals surface area contributed by atoms with Crippen LogP contribution in [0.4, 0.5) is 4.39 Å². The van der Waals surface area contributed by atoms with Gasteiger partial charge in [-0.25, -0.2) is 4.39 Å². The Morgan fingerprint density at radius 2 is 2.09 bits per heavy atom. The standard InChI is InChI=1S/C17H21FN4O/c1-12(2)22-11-13(9-20-22)10-21-8-7-19-17(23)16(21)14-3-5-15(18)6-4-14/h3-6,9,11-12,16H,7-8,10H2,1-2H3,(H,19,23)/t16-/m0/s1. The summed E-state index contributed by atoms with van der Waals surface area (Å²) in [6.45, 7) is 6.16. The van der Waals surface area contributed by atoms with E-state index in [1.165, 1.54) is 12.1 Å². The molecular formula is C17H21FN4O. The van der Waals surface area contributed by atoms with E-state index in [1.54, 1.807) is 12.1 Å². The number of amides is 1. The summed E-state index contributed by atoms with van der Waals surface area (Å²) in [5, 5.41) is 7.24. The van der Waals surface area contributed by atoms with Gasteiger partial charge in [-0.15, -0.1) is 0 Å². The first kappa shape index (κ1) is 15.7. The normalized spacial score (nSPS) is 19.1. The van der Waals surface area contributed by atoms with Crippen LogP contribution in [0.15, 0.2) is 36.7 Å². The maximum atomic E-state index is 13.1. The number of hydrogen-bond donors (Lipinski definition) is 1. The first-order valence-corrected chi connectivity index (χ1v) is 7.85. The molecule has 0 radical (unpaired) electrons. The summed E-state index contributed by atoms with van der Waals surface area (Å²) >= 11 is 0. The lowest BCUT2D eigenvalue weighted by Gasteiger charge is -2.35. The van der Waals surface area contributed by atoms with Gasteiger partial charge in [0.1, 0.15) is 11.9 Å². The largest absolute Gasteiger partial charge is 0.353 e. The number of benzene rings is 1. The molecule has 1 aliphatic rings. The fraction of sp³-hybridized carbons (Fsp3) is 0.412. The SMILES string of the molecule is CC(C)n1cc(CN2CCNC(=O)[C@@H]2c2ccc(F)cc2)cn1. The van der Waals surface area contributed by atoms with Crippen LogP contribution in [0.25, 0.3) is 0 Å². The first-order chi connectivity index (χ1) is 11.0. The third-order valence-corrected chi connectivity index (χ3v) is 4.07. The van der Waals surface area contributed by atoms with Gasteiger partial charge in [-0.2, -0.15) is 5.10 Å². The minimum absolute atomic E-state index is 0.0425. The van der Waals surface area contributed by atoms with Gasteiger partial charge >= 0.3 is 0 Å². The third kappa shape index (κ3) is 3.42. The second kappa shape index (κ2) is 6.50. The van der Waals surface area contributed by atoms with E-state index in [1.807, 2.05) is 17.1 Å². The van der Waals surface area contributed by atoms with E-state index in [9.17, 15) is 9.18 Å². The lowest BCUT2D eigenvalue weighted by Crippen LogP contribution is -2.49. The second-order valence-electron chi connectivity index (χ2n) is 6.14. The molecule has 0 bridgehead atoms. The zero-order valence-electron chi connectivity index (χ0n) is 13.4. The molecule has 2 aromatic rings.